The first-order chi connectivity index (χ1) is 14.2. The molecule has 29 heavy (non-hydrogen) atoms. The first-order valence-corrected chi connectivity index (χ1v) is 9.14. The first kappa shape index (κ1) is 18.4. The second-order valence-electron chi connectivity index (χ2n) is 6.49. The van der Waals surface area contributed by atoms with E-state index in [1.807, 2.05) is 42.5 Å². The molecule has 0 fully saturated rings. The Kier molecular flexibility index (Phi) is 5.07. The van der Waals surface area contributed by atoms with Gasteiger partial charge >= 0.3 is 0 Å². The van der Waals surface area contributed by atoms with Gasteiger partial charge in [0.1, 0.15) is 11.9 Å². The summed E-state index contributed by atoms with van der Waals surface area (Å²) in [5.74, 6) is 0.443. The molecule has 6 heteroatoms. The molecule has 1 heterocycles. The predicted octanol–water partition coefficient (Wildman–Crippen LogP) is 2.53. The van der Waals surface area contributed by atoms with E-state index in [9.17, 15) is 9.90 Å². The lowest BCUT2D eigenvalue weighted by Crippen LogP contribution is -2.40. The van der Waals surface area contributed by atoms with E-state index in [1.165, 1.54) is 10.9 Å². The number of benzene rings is 3. The maximum absolute atomic E-state index is 12.7. The topological polar surface area (TPSA) is 71.1 Å². The Morgan fingerprint density at radius 2 is 1.69 bits per heavy atom. The monoisotopic (exact) mass is 385 g/mol. The number of ketones is 1. The minimum Gasteiger partial charge on any atom is -0.870 e. The molecular formula is C23H19N3O3. The first-order valence-electron chi connectivity index (χ1n) is 9.14. The zero-order valence-electron chi connectivity index (χ0n) is 15.9. The van der Waals surface area contributed by atoms with Crippen LogP contribution in [0, 0.1) is 0 Å². The van der Waals surface area contributed by atoms with Crippen LogP contribution < -0.4 is 14.5 Å². The van der Waals surface area contributed by atoms with Crippen molar-refractivity contribution in [3.05, 3.63) is 90.0 Å². The fourth-order valence-electron chi connectivity index (χ4n) is 3.09. The van der Waals surface area contributed by atoms with Gasteiger partial charge in [0.25, 0.3) is 0 Å². The third-order valence-corrected chi connectivity index (χ3v) is 4.61. The lowest BCUT2D eigenvalue weighted by atomic mass is 10.1. The van der Waals surface area contributed by atoms with Crippen molar-refractivity contribution >= 4 is 28.8 Å². The van der Waals surface area contributed by atoms with Crippen LogP contribution in [0.2, 0.25) is 0 Å². The third kappa shape index (κ3) is 3.87. The molecule has 144 valence electrons. The summed E-state index contributed by atoms with van der Waals surface area (Å²) in [5.41, 5.74) is 2.67. The van der Waals surface area contributed by atoms with E-state index in [4.69, 9.17) is 4.74 Å². The molecule has 0 bridgehead atoms. The number of Topliss-reactive ketones (excluding diaryl/α,β-unsaturated/α-hetero) is 1. The second-order valence-corrected chi connectivity index (χ2v) is 6.49. The Morgan fingerprint density at radius 1 is 1.00 bits per heavy atom. The minimum atomic E-state index is -0.192. The molecule has 4 aromatic rings. The van der Waals surface area contributed by atoms with Crippen LogP contribution in [0.3, 0.4) is 0 Å². The largest absolute Gasteiger partial charge is 0.870 e. The zero-order valence-corrected chi connectivity index (χ0v) is 15.9. The Bertz CT molecular complexity index is 1180. The highest BCUT2D eigenvalue weighted by atomic mass is 16.5. The van der Waals surface area contributed by atoms with E-state index >= 15 is 0 Å². The minimum absolute atomic E-state index is 0.0486. The zero-order chi connectivity index (χ0) is 20.2. The van der Waals surface area contributed by atoms with Gasteiger partial charge in [-0.15, -0.1) is 9.36 Å². The summed E-state index contributed by atoms with van der Waals surface area (Å²) in [6.45, 7) is 0.0854. The predicted molar refractivity (Wildman–Crippen MR) is 108 cm³/mol. The van der Waals surface area contributed by atoms with Crippen molar-refractivity contribution in [3.8, 4) is 5.75 Å². The highest BCUT2D eigenvalue weighted by Gasteiger charge is 2.19. The number of para-hydroxylation sites is 2. The molecule has 0 aliphatic heterocycles. The van der Waals surface area contributed by atoms with Crippen LogP contribution in [0.5, 0.6) is 5.75 Å². The highest BCUT2D eigenvalue weighted by molar-refractivity contribution is 5.95. The fraction of sp³-hybridized carbons (Fsp3) is 0.0870. The van der Waals surface area contributed by atoms with Gasteiger partial charge in [-0.3, -0.25) is 4.79 Å². The molecule has 0 aliphatic carbocycles. The number of hydrogen-bond acceptors (Lipinski definition) is 4. The standard InChI is InChI=1S/C23H19N3O3/c1-29-19-13-11-18(12-14-19)23(28)16-26-21-10-6-5-9-20(21)25(24-26)15-22(27)17-7-3-2-4-8-17/h2-14,16H,15H2,1H3. The Labute approximate surface area is 167 Å². The average molecular weight is 385 g/mol. The van der Waals surface area contributed by atoms with Gasteiger partial charge in [0.15, 0.2) is 12.1 Å². The quantitative estimate of drug-likeness (QED) is 0.291. The molecule has 4 rings (SSSR count). The van der Waals surface area contributed by atoms with Crippen LogP contribution in [0.25, 0.3) is 23.0 Å². The number of carbonyl (C=O) groups is 1. The molecule has 0 spiro atoms. The van der Waals surface area contributed by atoms with Crippen molar-refractivity contribution < 1.29 is 19.3 Å². The van der Waals surface area contributed by atoms with Crippen LogP contribution in [0.4, 0.5) is 0 Å². The number of hydrogen-bond donors (Lipinski definition) is 0. The molecule has 0 N–H and O–H groups in total. The van der Waals surface area contributed by atoms with E-state index in [0.29, 0.717) is 16.9 Å². The number of ether oxygens (including phenoxy) is 1. The van der Waals surface area contributed by atoms with Crippen molar-refractivity contribution in [3.63, 3.8) is 0 Å². The normalized spacial score (nSPS) is 11.6. The van der Waals surface area contributed by atoms with E-state index in [0.717, 1.165) is 11.0 Å². The molecule has 0 saturated carbocycles. The number of fused-ring (bicyclic) bond motifs is 1. The summed E-state index contributed by atoms with van der Waals surface area (Å²) < 4.78 is 8.25. The number of rotatable bonds is 6. The van der Waals surface area contributed by atoms with E-state index in [2.05, 4.69) is 5.21 Å². The fourth-order valence-corrected chi connectivity index (χ4v) is 3.09. The van der Waals surface area contributed by atoms with Gasteiger partial charge in [0.2, 0.25) is 11.3 Å². The van der Waals surface area contributed by atoms with Crippen LogP contribution in [0.15, 0.2) is 78.9 Å². The molecule has 0 radical (unpaired) electrons. The summed E-state index contributed by atoms with van der Waals surface area (Å²) in [5, 5.41) is 17.1. The molecular weight excluding hydrogens is 366 g/mol. The average Bonchev–Trinajstić information content (AvgIpc) is 3.11. The maximum atomic E-state index is 12.7. The van der Waals surface area contributed by atoms with Crippen LogP contribution >= 0.6 is 0 Å². The summed E-state index contributed by atoms with van der Waals surface area (Å²) in [7, 11) is 1.58. The lowest BCUT2D eigenvalue weighted by molar-refractivity contribution is -0.719. The summed E-state index contributed by atoms with van der Waals surface area (Å²) in [6, 6.07) is 23.5. The van der Waals surface area contributed by atoms with Gasteiger partial charge in [-0.25, -0.2) is 0 Å². The number of nitrogens with zero attached hydrogens (tertiary/aromatic N) is 3. The van der Waals surface area contributed by atoms with Crippen molar-refractivity contribution in [1.29, 1.82) is 0 Å². The number of carbonyl (C=O) groups excluding carboxylic acids is 1. The SMILES string of the molecule is COc1ccc(/C([O-])=C/n2n[n+](CC(=O)c3ccccc3)c3ccccc32)cc1. The number of methoxy groups -OCH3 is 1. The Balaban J connectivity index is 1.69. The molecule has 0 unspecified atom stereocenters. The van der Waals surface area contributed by atoms with Gasteiger partial charge in [0.05, 0.1) is 12.3 Å². The summed E-state index contributed by atoms with van der Waals surface area (Å²) in [4.78, 5) is 12.6. The summed E-state index contributed by atoms with van der Waals surface area (Å²) >= 11 is 0. The maximum Gasteiger partial charge on any atom is 0.206 e. The van der Waals surface area contributed by atoms with E-state index < -0.39 is 0 Å². The van der Waals surface area contributed by atoms with Gasteiger partial charge < -0.3 is 9.84 Å². The van der Waals surface area contributed by atoms with Gasteiger partial charge in [-0.2, -0.15) is 0 Å². The molecule has 0 amide bonds. The second kappa shape index (κ2) is 7.98. The lowest BCUT2D eigenvalue weighted by Gasteiger charge is -2.10. The molecule has 0 aliphatic rings. The smallest absolute Gasteiger partial charge is 0.206 e. The number of aromatic nitrogens is 3. The highest BCUT2D eigenvalue weighted by Crippen LogP contribution is 2.17. The van der Waals surface area contributed by atoms with Gasteiger partial charge in [-0.05, 0) is 29.8 Å². The molecule has 1 aromatic heterocycles. The van der Waals surface area contributed by atoms with Gasteiger partial charge in [0, 0.05) is 5.56 Å². The van der Waals surface area contributed by atoms with E-state index in [-0.39, 0.29) is 18.1 Å². The molecule has 0 atom stereocenters. The molecule has 3 aromatic carbocycles. The third-order valence-electron chi connectivity index (χ3n) is 4.61. The Hall–Kier alpha value is -3.93. The summed E-state index contributed by atoms with van der Waals surface area (Å²) in [6.07, 6.45) is 1.42. The Morgan fingerprint density at radius 3 is 2.41 bits per heavy atom. The van der Waals surface area contributed by atoms with Crippen molar-refractivity contribution in [2.45, 2.75) is 6.54 Å². The van der Waals surface area contributed by atoms with E-state index in [1.54, 1.807) is 48.2 Å². The molecule has 6 nitrogen and oxygen atoms in total. The van der Waals surface area contributed by atoms with Crippen molar-refractivity contribution in [2.24, 2.45) is 0 Å². The molecule has 0 saturated heterocycles. The van der Waals surface area contributed by atoms with Crippen molar-refractivity contribution in [2.75, 3.05) is 7.11 Å². The van der Waals surface area contributed by atoms with Crippen LogP contribution in [0.1, 0.15) is 15.9 Å². The van der Waals surface area contributed by atoms with Gasteiger partial charge in [-0.1, -0.05) is 60.4 Å². The van der Waals surface area contributed by atoms with Crippen molar-refractivity contribution in [1.82, 2.24) is 9.90 Å². The van der Waals surface area contributed by atoms with Crippen LogP contribution in [-0.2, 0) is 6.54 Å². The van der Waals surface area contributed by atoms with Crippen LogP contribution in [-0.4, -0.2) is 22.8 Å².